The van der Waals surface area contributed by atoms with Gasteiger partial charge in [-0.2, -0.15) is 0 Å². The summed E-state index contributed by atoms with van der Waals surface area (Å²) >= 11 is 0. The molecule has 10 nitrogen and oxygen atoms in total. The first-order valence-corrected chi connectivity index (χ1v) is 13.9. The molecule has 2 aromatic carbocycles. The summed E-state index contributed by atoms with van der Waals surface area (Å²) in [4.78, 5) is 50.5. The molecule has 10 heteroatoms. The van der Waals surface area contributed by atoms with E-state index in [1.54, 1.807) is 60.9 Å². The lowest BCUT2D eigenvalue weighted by Gasteiger charge is -2.19. The minimum atomic E-state index is -0.604. The zero-order valence-electron chi connectivity index (χ0n) is 23.9. The zero-order valence-corrected chi connectivity index (χ0v) is 23.9. The second-order valence-corrected chi connectivity index (χ2v) is 11.3. The Morgan fingerprint density at radius 3 is 2.49 bits per heavy atom. The van der Waals surface area contributed by atoms with E-state index in [1.807, 2.05) is 39.0 Å². The third kappa shape index (κ3) is 5.94. The fourth-order valence-corrected chi connectivity index (χ4v) is 4.93. The summed E-state index contributed by atoms with van der Waals surface area (Å²) in [5.74, 6) is -0.848. The Labute approximate surface area is 248 Å². The molecule has 0 spiro atoms. The van der Waals surface area contributed by atoms with E-state index in [0.717, 1.165) is 24.2 Å². The highest BCUT2D eigenvalue weighted by Crippen LogP contribution is 2.39. The van der Waals surface area contributed by atoms with Crippen LogP contribution in [0.1, 0.15) is 70.7 Å². The molecular weight excluding hydrogens is 544 g/mol. The maximum atomic E-state index is 13.4. The van der Waals surface area contributed by atoms with Crippen molar-refractivity contribution in [2.45, 2.75) is 39.2 Å². The number of nitrogens with zero attached hydrogens (tertiary/aromatic N) is 2. The Balaban J connectivity index is 1.29. The number of pyridine rings is 1. The van der Waals surface area contributed by atoms with Crippen LogP contribution in [0.3, 0.4) is 0 Å². The van der Waals surface area contributed by atoms with Crippen LogP contribution in [0.15, 0.2) is 73.1 Å². The molecule has 43 heavy (non-hydrogen) atoms. The van der Waals surface area contributed by atoms with Gasteiger partial charge in [0.25, 0.3) is 11.8 Å². The minimum Gasteiger partial charge on any atom is -0.456 e. The molecule has 4 N–H and O–H groups in total. The van der Waals surface area contributed by atoms with E-state index in [-0.39, 0.29) is 17.6 Å². The number of ether oxygens (including phenoxy) is 1. The number of hydrogen-bond donors (Lipinski definition) is 4. The molecule has 0 saturated heterocycles. The van der Waals surface area contributed by atoms with E-state index in [1.165, 1.54) is 0 Å². The van der Waals surface area contributed by atoms with Crippen LogP contribution in [-0.2, 0) is 16.0 Å². The predicted octanol–water partition coefficient (Wildman–Crippen LogP) is 5.90. The number of esters is 1. The third-order valence-electron chi connectivity index (χ3n) is 6.87. The second kappa shape index (κ2) is 11.1. The maximum Gasteiger partial charge on any atom is 0.338 e. The molecule has 4 aromatic rings. The molecule has 0 bridgehead atoms. The number of rotatable bonds is 6. The van der Waals surface area contributed by atoms with Gasteiger partial charge in [0.15, 0.2) is 5.82 Å². The van der Waals surface area contributed by atoms with Crippen molar-refractivity contribution < 1.29 is 19.1 Å². The van der Waals surface area contributed by atoms with Crippen molar-refractivity contribution >= 4 is 52.2 Å². The average Bonchev–Trinajstić information content (AvgIpc) is 3.56. The lowest BCUT2D eigenvalue weighted by atomic mass is 10.0. The van der Waals surface area contributed by atoms with Crippen LogP contribution in [0.4, 0.5) is 17.1 Å². The number of fused-ring (bicyclic) bond motifs is 2. The van der Waals surface area contributed by atoms with Gasteiger partial charge in [0.2, 0.25) is 0 Å². The molecule has 0 unspecified atom stereocenters. The fraction of sp³-hybridized carbons (Fsp3) is 0.182. The van der Waals surface area contributed by atoms with Gasteiger partial charge in [-0.1, -0.05) is 6.08 Å². The highest BCUT2D eigenvalue weighted by Gasteiger charge is 2.29. The lowest BCUT2D eigenvalue weighted by Crippen LogP contribution is -2.23. The van der Waals surface area contributed by atoms with Crippen molar-refractivity contribution in [3.05, 3.63) is 107 Å². The van der Waals surface area contributed by atoms with Crippen LogP contribution in [0.25, 0.3) is 17.3 Å². The number of imidazole rings is 1. The molecule has 0 fully saturated rings. The van der Waals surface area contributed by atoms with E-state index in [9.17, 15) is 14.4 Å². The maximum absolute atomic E-state index is 13.4. The average molecular weight is 575 g/mol. The number of aromatic amines is 1. The van der Waals surface area contributed by atoms with Gasteiger partial charge in [0, 0.05) is 40.6 Å². The third-order valence-corrected chi connectivity index (χ3v) is 6.87. The molecule has 216 valence electrons. The molecule has 6 rings (SSSR count). The first kappa shape index (κ1) is 27.6. The van der Waals surface area contributed by atoms with Gasteiger partial charge in [-0.25, -0.2) is 9.78 Å². The number of aromatic nitrogens is 3. The van der Waals surface area contributed by atoms with Gasteiger partial charge in [-0.15, -0.1) is 0 Å². The van der Waals surface area contributed by atoms with Crippen molar-refractivity contribution in [1.82, 2.24) is 15.0 Å². The first-order valence-electron chi connectivity index (χ1n) is 13.9. The van der Waals surface area contributed by atoms with Crippen LogP contribution in [0.2, 0.25) is 0 Å². The van der Waals surface area contributed by atoms with Gasteiger partial charge >= 0.3 is 5.97 Å². The van der Waals surface area contributed by atoms with Crippen molar-refractivity contribution in [1.29, 1.82) is 0 Å². The summed E-state index contributed by atoms with van der Waals surface area (Å²) in [6, 6.07) is 15.8. The first-order chi connectivity index (χ1) is 20.6. The van der Waals surface area contributed by atoms with E-state index in [0.29, 0.717) is 45.0 Å². The van der Waals surface area contributed by atoms with Crippen LogP contribution in [0.5, 0.6) is 0 Å². The lowest BCUT2D eigenvalue weighted by molar-refractivity contribution is -0.110. The molecule has 2 aromatic heterocycles. The SMILES string of the molecule is CC(C)(C)OC(=O)c1ccc(N/C(=C2\C(=O)Nc3cc(NC(=O)c4nc5c([nH]4)CCC=C5)ccc32)c2cccnc2)cc1. The van der Waals surface area contributed by atoms with Crippen molar-refractivity contribution in [2.75, 3.05) is 16.0 Å². The van der Waals surface area contributed by atoms with E-state index < -0.39 is 11.6 Å². The number of allylic oxidation sites excluding steroid dienone is 1. The largest absolute Gasteiger partial charge is 0.456 e. The van der Waals surface area contributed by atoms with Gasteiger partial charge in [-0.05, 0) is 94.3 Å². The Morgan fingerprint density at radius 1 is 0.977 bits per heavy atom. The van der Waals surface area contributed by atoms with Crippen LogP contribution < -0.4 is 16.0 Å². The molecule has 3 heterocycles. The Kier molecular flexibility index (Phi) is 7.11. The number of aryl methyl sites for hydroxylation is 1. The van der Waals surface area contributed by atoms with Crippen molar-refractivity contribution in [3.8, 4) is 0 Å². The predicted molar refractivity (Wildman–Crippen MR) is 165 cm³/mol. The summed E-state index contributed by atoms with van der Waals surface area (Å²) in [7, 11) is 0. The summed E-state index contributed by atoms with van der Waals surface area (Å²) in [5.41, 5.74) is 5.60. The fourth-order valence-electron chi connectivity index (χ4n) is 4.93. The number of nitrogens with one attached hydrogen (secondary N) is 4. The molecule has 0 radical (unpaired) electrons. The van der Waals surface area contributed by atoms with E-state index in [4.69, 9.17) is 4.74 Å². The molecule has 1 aliphatic heterocycles. The van der Waals surface area contributed by atoms with E-state index >= 15 is 0 Å². The highest BCUT2D eigenvalue weighted by atomic mass is 16.6. The van der Waals surface area contributed by atoms with Crippen LogP contribution >= 0.6 is 0 Å². The molecule has 0 atom stereocenters. The number of anilines is 3. The van der Waals surface area contributed by atoms with Crippen molar-refractivity contribution in [3.63, 3.8) is 0 Å². The van der Waals surface area contributed by atoms with Crippen LogP contribution in [0, 0.1) is 0 Å². The monoisotopic (exact) mass is 574 g/mol. The Bertz CT molecular complexity index is 1800. The quantitative estimate of drug-likeness (QED) is 0.166. The van der Waals surface area contributed by atoms with Gasteiger partial charge < -0.3 is 25.7 Å². The molecule has 0 saturated carbocycles. The summed E-state index contributed by atoms with van der Waals surface area (Å²) in [6.45, 7) is 5.45. The molecule has 2 aliphatic rings. The number of benzene rings is 2. The summed E-state index contributed by atoms with van der Waals surface area (Å²) in [6.07, 6.45) is 8.99. The molecule has 2 amide bonds. The van der Waals surface area contributed by atoms with Gasteiger partial charge in [0.05, 0.1) is 28.2 Å². The highest BCUT2D eigenvalue weighted by molar-refractivity contribution is 6.37. The number of amides is 2. The van der Waals surface area contributed by atoms with Gasteiger partial charge in [-0.3, -0.25) is 14.6 Å². The zero-order chi connectivity index (χ0) is 30.1. The van der Waals surface area contributed by atoms with Crippen LogP contribution in [-0.4, -0.2) is 38.3 Å². The number of carbonyl (C=O) groups excluding carboxylic acids is 3. The normalized spacial score (nSPS) is 14.8. The summed E-state index contributed by atoms with van der Waals surface area (Å²) in [5, 5.41) is 9.14. The molecule has 1 aliphatic carbocycles. The standard InChI is InChI=1S/C33H30N6O4/c1-33(2,3)43-32(42)19-10-12-21(13-11-19)35-28(20-7-6-16-34-18-20)27-23-15-14-22(17-26(23)39-30(27)40)36-31(41)29-37-24-8-4-5-9-25(24)38-29/h4,6-8,10-18,35H,5,9H2,1-3H3,(H,36,41)(H,37,38)(H,39,40)/b28-27-. The number of carbonyl (C=O) groups is 3. The minimum absolute atomic E-state index is 0.238. The van der Waals surface area contributed by atoms with Gasteiger partial charge in [0.1, 0.15) is 5.60 Å². The van der Waals surface area contributed by atoms with Crippen molar-refractivity contribution in [2.24, 2.45) is 0 Å². The Morgan fingerprint density at radius 2 is 1.77 bits per heavy atom. The topological polar surface area (TPSA) is 138 Å². The second-order valence-electron chi connectivity index (χ2n) is 11.3. The number of hydrogen-bond acceptors (Lipinski definition) is 7. The van der Waals surface area contributed by atoms with E-state index in [2.05, 4.69) is 30.9 Å². The smallest absolute Gasteiger partial charge is 0.338 e. The Hall–Kier alpha value is -5.51. The molecular formula is C33H30N6O4. The summed E-state index contributed by atoms with van der Waals surface area (Å²) < 4.78 is 5.46. The number of H-pyrrole nitrogens is 1.